The highest BCUT2D eigenvalue weighted by atomic mass is 35.5. The van der Waals surface area contributed by atoms with Crippen molar-refractivity contribution in [2.45, 2.75) is 26.8 Å². The number of benzene rings is 1. The van der Waals surface area contributed by atoms with Gasteiger partial charge in [-0.3, -0.25) is 10.1 Å². The van der Waals surface area contributed by atoms with Gasteiger partial charge in [-0.2, -0.15) is 0 Å². The van der Waals surface area contributed by atoms with Gasteiger partial charge in [-0.25, -0.2) is 9.79 Å². The number of non-ortho nitro benzene ring substituents is 1. The number of aryl methyl sites for hydroxylation is 1. The Balaban J connectivity index is 0.00000312. The molecule has 25 heavy (non-hydrogen) atoms. The van der Waals surface area contributed by atoms with E-state index in [9.17, 15) is 14.9 Å². The van der Waals surface area contributed by atoms with Gasteiger partial charge in [0.2, 0.25) is 0 Å². The molecule has 1 saturated heterocycles. The number of carbonyl (C=O) groups is 1. The lowest BCUT2D eigenvalue weighted by atomic mass is 10.2. The number of esters is 1. The highest BCUT2D eigenvalue weighted by molar-refractivity contribution is 8.14. The quantitative estimate of drug-likeness (QED) is 0.436. The van der Waals surface area contributed by atoms with Gasteiger partial charge >= 0.3 is 5.97 Å². The van der Waals surface area contributed by atoms with E-state index in [1.807, 2.05) is 4.90 Å². The van der Waals surface area contributed by atoms with Crippen molar-refractivity contribution in [3.8, 4) is 0 Å². The molecule has 0 N–H and O–H groups in total. The first kappa shape index (κ1) is 21.2. The number of ether oxygens (including phenoxy) is 1. The van der Waals surface area contributed by atoms with Crippen molar-refractivity contribution >= 4 is 46.7 Å². The monoisotopic (exact) mass is 387 g/mol. The zero-order valence-corrected chi connectivity index (χ0v) is 16.2. The van der Waals surface area contributed by atoms with Crippen LogP contribution in [-0.4, -0.2) is 46.4 Å². The summed E-state index contributed by atoms with van der Waals surface area (Å²) in [7, 11) is 1.39. The van der Waals surface area contributed by atoms with Crippen molar-refractivity contribution in [3.63, 3.8) is 0 Å². The Morgan fingerprint density at radius 2 is 2.20 bits per heavy atom. The topological polar surface area (TPSA) is 85.0 Å². The van der Waals surface area contributed by atoms with E-state index in [0.717, 1.165) is 10.7 Å². The van der Waals surface area contributed by atoms with Crippen molar-refractivity contribution in [1.82, 2.24) is 4.90 Å². The van der Waals surface area contributed by atoms with Crippen molar-refractivity contribution in [1.29, 1.82) is 0 Å². The van der Waals surface area contributed by atoms with E-state index in [4.69, 9.17) is 4.74 Å². The van der Waals surface area contributed by atoms with E-state index < -0.39 is 4.92 Å². The molecule has 0 radical (unpaired) electrons. The standard InChI is InChI=1S/C16H21N3O4S.ClH/c1-10(2)8-18-14(15(20)23-4)9-24-16(18)17-13-6-5-12(19(21)22)7-11(13)3;/h5-7,10,14H,8-9H2,1-4H3;1H/b17-16-;/t14-;/m0./s1. The molecular formula is C16H22ClN3O4S. The number of thioether (sulfide) groups is 1. The fraction of sp³-hybridized carbons (Fsp3) is 0.500. The molecule has 2 rings (SSSR count). The van der Waals surface area contributed by atoms with Crippen LogP contribution in [0.3, 0.4) is 0 Å². The number of hydrogen-bond donors (Lipinski definition) is 0. The van der Waals surface area contributed by atoms with Gasteiger partial charge in [0, 0.05) is 24.4 Å². The average Bonchev–Trinajstić information content (AvgIpc) is 2.90. The Morgan fingerprint density at radius 3 is 2.72 bits per heavy atom. The Morgan fingerprint density at radius 1 is 1.52 bits per heavy atom. The molecule has 1 fully saturated rings. The molecule has 1 aliphatic heterocycles. The third-order valence-corrected chi connectivity index (χ3v) is 4.70. The fourth-order valence-corrected chi connectivity index (χ4v) is 3.62. The van der Waals surface area contributed by atoms with Gasteiger partial charge in [0.1, 0.15) is 6.04 Å². The number of halogens is 1. The minimum atomic E-state index is -0.424. The zero-order valence-electron chi connectivity index (χ0n) is 14.6. The lowest BCUT2D eigenvalue weighted by Crippen LogP contribution is -2.42. The van der Waals surface area contributed by atoms with Gasteiger partial charge in [-0.05, 0) is 24.5 Å². The second-order valence-corrected chi connectivity index (χ2v) is 7.01. The molecule has 0 saturated carbocycles. The molecule has 0 amide bonds. The van der Waals surface area contributed by atoms with E-state index in [0.29, 0.717) is 23.9 Å². The first-order valence-electron chi connectivity index (χ1n) is 7.64. The first-order chi connectivity index (χ1) is 11.3. The summed E-state index contributed by atoms with van der Waals surface area (Å²) in [5, 5.41) is 11.6. The molecule has 1 atom stereocenters. The SMILES string of the molecule is COC(=O)[C@@H]1CS/C(=N\c2ccc([N+](=O)[O-])cc2C)N1CC(C)C.Cl. The number of aliphatic imine (C=N–C) groups is 1. The molecular weight excluding hydrogens is 366 g/mol. The first-order valence-corrected chi connectivity index (χ1v) is 8.63. The van der Waals surface area contributed by atoms with Crippen LogP contribution < -0.4 is 0 Å². The maximum atomic E-state index is 12.0. The molecule has 1 aromatic rings. The molecule has 1 aromatic carbocycles. The fourth-order valence-electron chi connectivity index (χ4n) is 2.47. The number of carbonyl (C=O) groups excluding carboxylic acids is 1. The molecule has 7 nitrogen and oxygen atoms in total. The summed E-state index contributed by atoms with van der Waals surface area (Å²) in [4.78, 5) is 29.0. The van der Waals surface area contributed by atoms with Crippen LogP contribution >= 0.6 is 24.2 Å². The average molecular weight is 388 g/mol. The second kappa shape index (κ2) is 9.05. The van der Waals surface area contributed by atoms with Crippen LogP contribution in [-0.2, 0) is 9.53 Å². The summed E-state index contributed by atoms with van der Waals surface area (Å²) in [5.74, 6) is 0.678. The second-order valence-electron chi connectivity index (χ2n) is 6.02. The third-order valence-electron chi connectivity index (χ3n) is 3.63. The molecule has 1 heterocycles. The number of nitro benzene ring substituents is 1. The molecule has 0 aliphatic carbocycles. The van der Waals surface area contributed by atoms with Crippen LogP contribution in [0.25, 0.3) is 0 Å². The lowest BCUT2D eigenvalue weighted by molar-refractivity contribution is -0.384. The van der Waals surface area contributed by atoms with E-state index in [-0.39, 0.29) is 30.1 Å². The van der Waals surface area contributed by atoms with Crippen LogP contribution in [0.5, 0.6) is 0 Å². The highest BCUT2D eigenvalue weighted by Gasteiger charge is 2.36. The van der Waals surface area contributed by atoms with Crippen LogP contribution in [0.4, 0.5) is 11.4 Å². The van der Waals surface area contributed by atoms with E-state index >= 15 is 0 Å². The minimum Gasteiger partial charge on any atom is -0.467 e. The third kappa shape index (κ3) is 5.09. The smallest absolute Gasteiger partial charge is 0.329 e. The van der Waals surface area contributed by atoms with Crippen molar-refractivity contribution < 1.29 is 14.5 Å². The van der Waals surface area contributed by atoms with Crippen LogP contribution in [0, 0.1) is 23.0 Å². The van der Waals surface area contributed by atoms with Crippen LogP contribution in [0.1, 0.15) is 19.4 Å². The van der Waals surface area contributed by atoms with Crippen molar-refractivity contribution in [2.75, 3.05) is 19.4 Å². The number of amidine groups is 1. The molecule has 9 heteroatoms. The summed E-state index contributed by atoms with van der Waals surface area (Å²) < 4.78 is 4.89. The van der Waals surface area contributed by atoms with Crippen LogP contribution in [0.15, 0.2) is 23.2 Å². The van der Waals surface area contributed by atoms with Crippen molar-refractivity contribution in [2.24, 2.45) is 10.9 Å². The summed E-state index contributed by atoms with van der Waals surface area (Å²) in [6.45, 7) is 6.63. The Kier molecular flexibility index (Phi) is 7.69. The van der Waals surface area contributed by atoms with Gasteiger partial charge in [0.15, 0.2) is 5.17 Å². The molecule has 0 spiro atoms. The Labute approximate surface area is 157 Å². The number of methoxy groups -OCH3 is 1. The predicted molar refractivity (Wildman–Crippen MR) is 102 cm³/mol. The highest BCUT2D eigenvalue weighted by Crippen LogP contribution is 2.31. The number of rotatable bonds is 5. The summed E-state index contributed by atoms with van der Waals surface area (Å²) in [6.07, 6.45) is 0. The van der Waals surface area contributed by atoms with E-state index in [2.05, 4.69) is 18.8 Å². The van der Waals surface area contributed by atoms with E-state index in [1.165, 1.54) is 31.0 Å². The number of nitrogens with zero attached hydrogens (tertiary/aromatic N) is 3. The number of hydrogen-bond acceptors (Lipinski definition) is 6. The predicted octanol–water partition coefficient (Wildman–Crippen LogP) is 3.56. The van der Waals surface area contributed by atoms with Gasteiger partial charge in [-0.1, -0.05) is 25.6 Å². The van der Waals surface area contributed by atoms with Gasteiger partial charge < -0.3 is 9.64 Å². The summed E-state index contributed by atoms with van der Waals surface area (Å²) in [5.41, 5.74) is 1.44. The van der Waals surface area contributed by atoms with Gasteiger partial charge in [0.25, 0.3) is 5.69 Å². The van der Waals surface area contributed by atoms with E-state index in [1.54, 1.807) is 13.0 Å². The van der Waals surface area contributed by atoms with Gasteiger partial charge in [0.05, 0.1) is 17.7 Å². The lowest BCUT2D eigenvalue weighted by Gasteiger charge is -2.25. The largest absolute Gasteiger partial charge is 0.467 e. The number of nitro groups is 1. The molecule has 0 bridgehead atoms. The molecule has 1 aliphatic rings. The maximum Gasteiger partial charge on any atom is 0.329 e. The minimum absolute atomic E-state index is 0. The molecule has 0 aromatic heterocycles. The summed E-state index contributed by atoms with van der Waals surface area (Å²) >= 11 is 1.50. The zero-order chi connectivity index (χ0) is 17.9. The Bertz CT molecular complexity index is 681. The normalized spacial score (nSPS) is 18.4. The van der Waals surface area contributed by atoms with Crippen LogP contribution in [0.2, 0.25) is 0 Å². The molecule has 0 unspecified atom stereocenters. The Hall–Kier alpha value is -1.80. The summed E-state index contributed by atoms with van der Waals surface area (Å²) in [6, 6.07) is 4.24. The maximum absolute atomic E-state index is 12.0. The van der Waals surface area contributed by atoms with Gasteiger partial charge in [-0.15, -0.1) is 12.4 Å². The van der Waals surface area contributed by atoms with Crippen molar-refractivity contribution in [3.05, 3.63) is 33.9 Å². The molecule has 138 valence electrons.